The Morgan fingerprint density at radius 2 is 1.00 bits per heavy atom. The maximum absolute atomic E-state index is 9.37. The second kappa shape index (κ2) is 23.7. The number of hydrogen-bond acceptors (Lipinski definition) is 19. The maximum atomic E-state index is 9.37. The van der Waals surface area contributed by atoms with E-state index in [1.165, 1.54) is 0 Å². The molecule has 1 aliphatic rings. The minimum Gasteiger partial charge on any atom is -0.543 e. The first-order valence-corrected chi connectivity index (χ1v) is 12.3. The molecule has 12 atom stereocenters. The number of carboxylic acid groups (broad SMARTS) is 2. The lowest BCUT2D eigenvalue weighted by Crippen LogP contribution is -2.61. The molecule has 42 heavy (non-hydrogen) atoms. The number of piperidine rings is 1. The number of nitrogens with zero attached hydrogens (tertiary/aromatic N) is 1. The molecule has 0 spiro atoms. The number of carbonyl (C=O) groups excluding carboxylic acids is 2. The molecule has 0 bridgehead atoms. The zero-order valence-electron chi connectivity index (χ0n) is 22.9. The molecule has 254 valence electrons. The van der Waals surface area contributed by atoms with Gasteiger partial charge in [0.25, 0.3) is 0 Å². The maximum Gasteiger partial charge on any atom is 0.131 e. The zero-order chi connectivity index (χ0) is 33.9. The molecular formula is C21H47N3O18. The van der Waals surface area contributed by atoms with Crippen molar-refractivity contribution in [2.75, 3.05) is 46.5 Å². The summed E-state index contributed by atoms with van der Waals surface area (Å²) in [6.45, 7) is -1.23. The largest absolute Gasteiger partial charge is 0.543 e. The lowest BCUT2D eigenvalue weighted by molar-refractivity contribution is -0.390. The van der Waals surface area contributed by atoms with Crippen LogP contribution in [0.2, 0.25) is 0 Å². The highest BCUT2D eigenvalue weighted by Crippen LogP contribution is 2.16. The SMILES string of the molecule is CN1C[C@H](O)[C@@H](O)[C@H](O)[C@H]1CO.O=C([O-])C(=O)[O-].[NH3+]CC(O)C(O)C(O)C(O)CO.[NH3+]CC(O)C(O)C(O)C(O)CO. The average molecular weight is 630 g/mol. The number of aliphatic carboxylic acids is 2. The molecule has 1 heterocycles. The smallest absolute Gasteiger partial charge is 0.131 e. The first kappa shape index (κ1) is 44.7. The predicted octanol–water partition coefficient (Wildman–Crippen LogP) is -14.8. The third kappa shape index (κ3) is 16.8. The number of carboxylic acids is 2. The van der Waals surface area contributed by atoms with Gasteiger partial charge in [-0.3, -0.25) is 4.90 Å². The molecule has 21 nitrogen and oxygen atoms in total. The van der Waals surface area contributed by atoms with Crippen LogP contribution in [0.1, 0.15) is 0 Å². The Morgan fingerprint density at radius 1 is 0.690 bits per heavy atom. The van der Waals surface area contributed by atoms with Gasteiger partial charge in [0.05, 0.1) is 43.9 Å². The topological polar surface area (TPSA) is 422 Å². The fraction of sp³-hybridized carbons (Fsp3) is 0.905. The number of aliphatic hydroxyl groups excluding tert-OH is 14. The van der Waals surface area contributed by atoms with E-state index in [1.54, 1.807) is 11.9 Å². The molecule has 1 saturated heterocycles. The first-order chi connectivity index (χ1) is 19.3. The van der Waals surface area contributed by atoms with Crippen LogP contribution in [-0.4, -0.2) is 208 Å². The van der Waals surface area contributed by atoms with E-state index in [1.807, 2.05) is 0 Å². The van der Waals surface area contributed by atoms with Crippen LogP contribution in [0.5, 0.6) is 0 Å². The van der Waals surface area contributed by atoms with E-state index in [0.29, 0.717) is 0 Å². The van der Waals surface area contributed by atoms with Gasteiger partial charge in [0, 0.05) is 6.54 Å². The van der Waals surface area contributed by atoms with Gasteiger partial charge in [-0.2, -0.15) is 0 Å². The monoisotopic (exact) mass is 629 g/mol. The van der Waals surface area contributed by atoms with Crippen molar-refractivity contribution in [3.05, 3.63) is 0 Å². The summed E-state index contributed by atoms with van der Waals surface area (Å²) in [5.41, 5.74) is 6.62. The van der Waals surface area contributed by atoms with Gasteiger partial charge in [-0.1, -0.05) is 0 Å². The van der Waals surface area contributed by atoms with Gasteiger partial charge >= 0.3 is 0 Å². The van der Waals surface area contributed by atoms with Crippen molar-refractivity contribution in [3.8, 4) is 0 Å². The molecule has 0 aliphatic carbocycles. The number of rotatable bonds is 11. The van der Waals surface area contributed by atoms with Gasteiger partial charge < -0.3 is 103 Å². The van der Waals surface area contributed by atoms with Crippen molar-refractivity contribution < 1.29 is 103 Å². The summed E-state index contributed by atoms with van der Waals surface area (Å²) in [5.74, 6) is -4.37. The second-order valence-electron chi connectivity index (χ2n) is 8.99. The fourth-order valence-corrected chi connectivity index (χ4v) is 2.97. The Labute approximate surface area is 240 Å². The summed E-state index contributed by atoms with van der Waals surface area (Å²) in [7, 11) is 1.68. The summed E-state index contributed by atoms with van der Waals surface area (Å²) >= 11 is 0. The number of β-amino-alcohol motifs (C(OH)–C–C–N with tert-alkyl or cyclic N) is 1. The molecule has 1 fully saturated rings. The molecule has 1 rings (SSSR count). The zero-order valence-corrected chi connectivity index (χ0v) is 22.9. The summed E-state index contributed by atoms with van der Waals surface area (Å²) in [5, 5.41) is 143. The van der Waals surface area contributed by atoms with Gasteiger partial charge in [-0.15, -0.1) is 0 Å². The third-order valence-corrected chi connectivity index (χ3v) is 5.78. The summed E-state index contributed by atoms with van der Waals surface area (Å²) in [6, 6.07) is -0.483. The molecule has 0 amide bonds. The van der Waals surface area contributed by atoms with Crippen molar-refractivity contribution in [1.29, 1.82) is 0 Å². The van der Waals surface area contributed by atoms with E-state index in [-0.39, 0.29) is 26.2 Å². The number of likely N-dealkylation sites (N-methyl/N-ethyl adjacent to an activating group) is 1. The van der Waals surface area contributed by atoms with E-state index in [2.05, 4.69) is 11.5 Å². The summed E-state index contributed by atoms with van der Waals surface area (Å²) in [4.78, 5) is 19.5. The normalized spacial score (nSPS) is 26.1. The number of quaternary nitrogens is 2. The number of aliphatic hydroxyl groups is 14. The van der Waals surface area contributed by atoms with E-state index < -0.39 is 98.3 Å². The highest BCUT2D eigenvalue weighted by Gasteiger charge is 2.39. The third-order valence-electron chi connectivity index (χ3n) is 5.78. The molecule has 0 saturated carbocycles. The van der Waals surface area contributed by atoms with Gasteiger partial charge in [-0.05, 0) is 7.05 Å². The van der Waals surface area contributed by atoms with Crippen molar-refractivity contribution in [2.45, 2.75) is 73.2 Å². The van der Waals surface area contributed by atoms with Gasteiger partial charge in [0.15, 0.2) is 0 Å². The Kier molecular flexibility index (Phi) is 25.2. The Bertz CT molecular complexity index is 643. The van der Waals surface area contributed by atoms with Gasteiger partial charge in [-0.25, -0.2) is 0 Å². The second-order valence-corrected chi connectivity index (χ2v) is 8.99. The number of carbonyl (C=O) groups is 2. The van der Waals surface area contributed by atoms with E-state index in [9.17, 15) is 15.3 Å². The molecule has 1 aliphatic heterocycles. The molecule has 0 radical (unpaired) electrons. The van der Waals surface area contributed by atoms with Crippen molar-refractivity contribution >= 4 is 11.9 Å². The standard InChI is InChI=1S/C7H15NO4.2C6H15NO5.C2H2O4/c1-8-2-5(10)7(12)6(11)4(8)3-9;2*7-1-3(9)5(11)6(12)4(10)2-8;3-1(4)2(5)6/h4-7,9-12H,2-3H2,1H3;2*3-6,8-12H,1-2,7H2;(H,3,4)(H,5,6)/t4-,5+,6-,7-;;;/m1.../s1. The molecule has 0 aromatic carbocycles. The van der Waals surface area contributed by atoms with Crippen LogP contribution in [0.4, 0.5) is 0 Å². The Morgan fingerprint density at radius 3 is 1.24 bits per heavy atom. The van der Waals surface area contributed by atoms with Gasteiger partial charge in [0.1, 0.15) is 74.1 Å². The highest BCUT2D eigenvalue weighted by molar-refractivity contribution is 6.25. The van der Waals surface area contributed by atoms with Crippen molar-refractivity contribution in [1.82, 2.24) is 4.90 Å². The Hall–Kier alpha value is -1.74. The average Bonchev–Trinajstić information content (AvgIpc) is 2.97. The van der Waals surface area contributed by atoms with E-state index in [4.69, 9.17) is 76.0 Å². The predicted molar refractivity (Wildman–Crippen MR) is 129 cm³/mol. The minimum atomic E-state index is -2.19. The van der Waals surface area contributed by atoms with Gasteiger partial charge in [0.2, 0.25) is 0 Å². The Balaban J connectivity index is -0.000000496. The van der Waals surface area contributed by atoms with Crippen molar-refractivity contribution in [2.24, 2.45) is 0 Å². The van der Waals surface area contributed by atoms with Crippen molar-refractivity contribution in [3.63, 3.8) is 0 Å². The first-order valence-electron chi connectivity index (χ1n) is 12.3. The van der Waals surface area contributed by atoms with Crippen LogP contribution in [0, 0.1) is 0 Å². The fourth-order valence-electron chi connectivity index (χ4n) is 2.97. The highest BCUT2D eigenvalue weighted by atomic mass is 16.4. The van der Waals surface area contributed by atoms with Crippen LogP contribution in [0.15, 0.2) is 0 Å². The van der Waals surface area contributed by atoms with E-state index in [0.717, 1.165) is 0 Å². The minimum absolute atomic E-state index is 0.0242. The van der Waals surface area contributed by atoms with Crippen LogP contribution < -0.4 is 21.7 Å². The number of hydrogen-bond donors (Lipinski definition) is 16. The number of likely N-dealkylation sites (tertiary alicyclic amines) is 1. The molecule has 20 N–H and O–H groups in total. The molecular weight excluding hydrogens is 582 g/mol. The molecule has 8 unspecified atom stereocenters. The van der Waals surface area contributed by atoms with Crippen LogP contribution in [-0.2, 0) is 9.59 Å². The van der Waals surface area contributed by atoms with Crippen LogP contribution >= 0.6 is 0 Å². The lowest BCUT2D eigenvalue weighted by atomic mass is 9.95. The van der Waals surface area contributed by atoms with E-state index >= 15 is 0 Å². The summed E-state index contributed by atoms with van der Waals surface area (Å²) in [6.07, 6.45) is -14.5. The quantitative estimate of drug-likeness (QED) is 0.0942. The van der Waals surface area contributed by atoms with Crippen LogP contribution in [0.3, 0.4) is 0 Å². The summed E-state index contributed by atoms with van der Waals surface area (Å²) < 4.78 is 0. The van der Waals surface area contributed by atoms with Crippen LogP contribution in [0.25, 0.3) is 0 Å². The molecule has 21 heteroatoms. The molecule has 0 aromatic rings. The lowest BCUT2D eigenvalue weighted by Gasteiger charge is -2.40. The molecule has 0 aromatic heterocycles.